The molecule has 0 amide bonds. The Morgan fingerprint density at radius 1 is 1.08 bits per heavy atom. The van der Waals surface area contributed by atoms with Crippen molar-refractivity contribution in [3.05, 3.63) is 65.0 Å². The molecule has 2 aromatic carbocycles. The highest BCUT2D eigenvalue weighted by atomic mass is 32.2. The van der Waals surface area contributed by atoms with E-state index in [9.17, 15) is 18.0 Å². The fourth-order valence-electron chi connectivity index (χ4n) is 3.02. The van der Waals surface area contributed by atoms with Crippen molar-refractivity contribution in [3.63, 3.8) is 0 Å². The number of fused-ring (bicyclic) bond motifs is 2. The van der Waals surface area contributed by atoms with Gasteiger partial charge in [0, 0.05) is 17.3 Å². The number of sulfonamides is 1. The fourth-order valence-corrected chi connectivity index (χ4v) is 5.53. The first-order valence-corrected chi connectivity index (χ1v) is 9.81. The average Bonchev–Trinajstić information content (AvgIpc) is 3.04. The summed E-state index contributed by atoms with van der Waals surface area (Å²) in [5, 5.41) is 0.894. The molecule has 4 rings (SSSR count). The molecule has 0 bridgehead atoms. The van der Waals surface area contributed by atoms with Crippen LogP contribution in [0.4, 0.5) is 0 Å². The Bertz CT molecular complexity index is 1100. The molecular formula is C18H13NO4S2. The number of thiophene rings is 1. The summed E-state index contributed by atoms with van der Waals surface area (Å²) in [5.74, 6) is -0.984. The van der Waals surface area contributed by atoms with Crippen molar-refractivity contribution in [2.24, 2.45) is 0 Å². The molecule has 1 atom stereocenters. The van der Waals surface area contributed by atoms with Crippen LogP contribution in [0.2, 0.25) is 0 Å². The minimum Gasteiger partial charge on any atom is -0.292 e. The van der Waals surface area contributed by atoms with Crippen LogP contribution in [0.5, 0.6) is 0 Å². The summed E-state index contributed by atoms with van der Waals surface area (Å²) in [6.45, 7) is 0. The Morgan fingerprint density at radius 3 is 2.52 bits per heavy atom. The van der Waals surface area contributed by atoms with Gasteiger partial charge in [0.25, 0.3) is 0 Å². The second kappa shape index (κ2) is 5.59. The zero-order valence-electron chi connectivity index (χ0n) is 13.2. The van der Waals surface area contributed by atoms with Crippen molar-refractivity contribution in [1.82, 2.24) is 4.31 Å². The van der Waals surface area contributed by atoms with E-state index < -0.39 is 27.6 Å². The zero-order chi connectivity index (χ0) is 17.8. The highest BCUT2D eigenvalue weighted by Crippen LogP contribution is 2.33. The molecule has 0 aliphatic carbocycles. The number of benzene rings is 2. The predicted octanol–water partition coefficient (Wildman–Crippen LogP) is 2.97. The van der Waals surface area contributed by atoms with Gasteiger partial charge in [0.15, 0.2) is 17.6 Å². The molecule has 0 spiro atoms. The van der Waals surface area contributed by atoms with Gasteiger partial charge in [-0.15, -0.1) is 11.3 Å². The van der Waals surface area contributed by atoms with Crippen molar-refractivity contribution in [3.8, 4) is 0 Å². The minimum absolute atomic E-state index is 0.0529. The van der Waals surface area contributed by atoms with E-state index in [2.05, 4.69) is 0 Å². The largest absolute Gasteiger partial charge is 0.292 e. The van der Waals surface area contributed by atoms with E-state index in [1.807, 2.05) is 24.3 Å². The number of nitrogens with zero attached hydrogens (tertiary/aromatic N) is 1. The monoisotopic (exact) mass is 371 g/mol. The van der Waals surface area contributed by atoms with Crippen molar-refractivity contribution < 1.29 is 18.0 Å². The first kappa shape index (κ1) is 16.1. The van der Waals surface area contributed by atoms with E-state index in [0.717, 1.165) is 14.4 Å². The van der Waals surface area contributed by atoms with E-state index in [0.29, 0.717) is 4.88 Å². The SMILES string of the molecule is CN1C(C(=O)c2cc3ccccc3s2)C(=O)c2ccccc2S1(=O)=O. The zero-order valence-corrected chi connectivity index (χ0v) is 14.8. The number of ketones is 2. The number of carbonyl (C=O) groups excluding carboxylic acids is 2. The van der Waals surface area contributed by atoms with Gasteiger partial charge in [-0.3, -0.25) is 9.59 Å². The van der Waals surface area contributed by atoms with Gasteiger partial charge in [0.05, 0.1) is 9.77 Å². The van der Waals surface area contributed by atoms with E-state index in [-0.39, 0.29) is 10.5 Å². The number of hydrogen-bond acceptors (Lipinski definition) is 5. The molecule has 2 heterocycles. The molecule has 3 aromatic rings. The Balaban J connectivity index is 1.85. The first-order chi connectivity index (χ1) is 11.9. The lowest BCUT2D eigenvalue weighted by Gasteiger charge is -2.30. The third-order valence-electron chi connectivity index (χ3n) is 4.34. The maximum Gasteiger partial charge on any atom is 0.244 e. The molecule has 1 aliphatic heterocycles. The normalized spacial score (nSPS) is 19.7. The average molecular weight is 371 g/mol. The van der Waals surface area contributed by atoms with Crippen LogP contribution in [0.1, 0.15) is 20.0 Å². The minimum atomic E-state index is -3.89. The lowest BCUT2D eigenvalue weighted by atomic mass is 9.99. The van der Waals surface area contributed by atoms with Gasteiger partial charge >= 0.3 is 0 Å². The highest BCUT2D eigenvalue weighted by molar-refractivity contribution is 7.89. The molecular weight excluding hydrogens is 358 g/mol. The Hall–Kier alpha value is -2.35. The van der Waals surface area contributed by atoms with Crippen LogP contribution < -0.4 is 0 Å². The van der Waals surface area contributed by atoms with Crippen LogP contribution in [0.3, 0.4) is 0 Å². The van der Waals surface area contributed by atoms with Crippen LogP contribution in [0.15, 0.2) is 59.5 Å². The maximum atomic E-state index is 13.0. The second-order valence-electron chi connectivity index (χ2n) is 5.80. The molecule has 0 saturated heterocycles. The second-order valence-corrected chi connectivity index (χ2v) is 8.85. The third-order valence-corrected chi connectivity index (χ3v) is 7.35. The number of carbonyl (C=O) groups is 2. The molecule has 1 unspecified atom stereocenters. The van der Waals surface area contributed by atoms with Gasteiger partial charge in [-0.05, 0) is 29.7 Å². The lowest BCUT2D eigenvalue weighted by molar-refractivity contribution is 0.0786. The van der Waals surface area contributed by atoms with Crippen LogP contribution >= 0.6 is 11.3 Å². The molecule has 0 N–H and O–H groups in total. The Labute approximate surface area is 148 Å². The van der Waals surface area contributed by atoms with Gasteiger partial charge in [-0.25, -0.2) is 8.42 Å². The molecule has 0 saturated carbocycles. The number of likely N-dealkylation sites (N-methyl/N-ethyl adjacent to an activating group) is 1. The van der Waals surface area contributed by atoms with Crippen LogP contribution in [-0.2, 0) is 10.0 Å². The van der Waals surface area contributed by atoms with E-state index in [4.69, 9.17) is 0 Å². The Kier molecular flexibility index (Phi) is 3.61. The van der Waals surface area contributed by atoms with Gasteiger partial charge in [-0.1, -0.05) is 30.3 Å². The van der Waals surface area contributed by atoms with E-state index in [1.54, 1.807) is 18.2 Å². The fraction of sp³-hybridized carbons (Fsp3) is 0.111. The quantitative estimate of drug-likeness (QED) is 0.513. The maximum absolute atomic E-state index is 13.0. The van der Waals surface area contributed by atoms with Crippen LogP contribution in [0, 0.1) is 0 Å². The highest BCUT2D eigenvalue weighted by Gasteiger charge is 2.45. The topological polar surface area (TPSA) is 71.5 Å². The number of Topliss-reactive ketones (excluding diaryl/α,β-unsaturated/α-hetero) is 2. The molecule has 0 radical (unpaired) electrons. The molecule has 0 fully saturated rings. The predicted molar refractivity (Wildman–Crippen MR) is 95.7 cm³/mol. The summed E-state index contributed by atoms with van der Waals surface area (Å²) in [6, 6.07) is 13.8. The number of hydrogen-bond donors (Lipinski definition) is 0. The van der Waals surface area contributed by atoms with Crippen molar-refractivity contribution in [2.75, 3.05) is 7.05 Å². The van der Waals surface area contributed by atoms with Gasteiger partial charge in [0.2, 0.25) is 10.0 Å². The standard InChI is InChI=1S/C18H13NO4S2/c1-19-16(17(20)12-7-3-5-9-15(12)25(19,22)23)18(21)14-10-11-6-2-4-8-13(11)24-14/h2-10,16H,1H3. The smallest absolute Gasteiger partial charge is 0.244 e. The van der Waals surface area contributed by atoms with Gasteiger partial charge in [0.1, 0.15) is 0 Å². The molecule has 126 valence electrons. The Morgan fingerprint density at radius 2 is 1.76 bits per heavy atom. The summed E-state index contributed by atoms with van der Waals surface area (Å²) in [4.78, 5) is 26.1. The molecule has 1 aliphatic rings. The molecule has 5 nitrogen and oxygen atoms in total. The lowest BCUT2D eigenvalue weighted by Crippen LogP contribution is -2.51. The van der Waals surface area contributed by atoms with Crippen molar-refractivity contribution >= 4 is 43.0 Å². The van der Waals surface area contributed by atoms with Crippen molar-refractivity contribution in [1.29, 1.82) is 0 Å². The van der Waals surface area contributed by atoms with Crippen molar-refractivity contribution in [2.45, 2.75) is 10.9 Å². The summed E-state index contributed by atoms with van der Waals surface area (Å²) in [6.07, 6.45) is 0. The summed E-state index contributed by atoms with van der Waals surface area (Å²) in [5.41, 5.74) is 0.0695. The summed E-state index contributed by atoms with van der Waals surface area (Å²) < 4.78 is 27.2. The van der Waals surface area contributed by atoms with Gasteiger partial charge < -0.3 is 0 Å². The van der Waals surface area contributed by atoms with Gasteiger partial charge in [-0.2, -0.15) is 4.31 Å². The van der Waals surface area contributed by atoms with Crippen LogP contribution in [0.25, 0.3) is 10.1 Å². The first-order valence-electron chi connectivity index (χ1n) is 7.55. The van der Waals surface area contributed by atoms with E-state index >= 15 is 0 Å². The number of rotatable bonds is 2. The van der Waals surface area contributed by atoms with Crippen LogP contribution in [-0.4, -0.2) is 37.4 Å². The summed E-state index contributed by atoms with van der Waals surface area (Å²) in [7, 11) is -2.61. The molecule has 25 heavy (non-hydrogen) atoms. The van der Waals surface area contributed by atoms with E-state index in [1.165, 1.54) is 30.5 Å². The molecule has 1 aromatic heterocycles. The third kappa shape index (κ3) is 2.35. The molecule has 7 heteroatoms. The summed E-state index contributed by atoms with van der Waals surface area (Å²) >= 11 is 1.26.